The predicted octanol–water partition coefficient (Wildman–Crippen LogP) is 2.76. The van der Waals surface area contributed by atoms with Crippen molar-refractivity contribution >= 4 is 5.97 Å². The molecule has 1 heterocycles. The molecule has 0 amide bonds. The zero-order valence-corrected chi connectivity index (χ0v) is 11.1. The summed E-state index contributed by atoms with van der Waals surface area (Å²) in [5, 5.41) is 11.9. The molecule has 4 nitrogen and oxygen atoms in total. The Morgan fingerprint density at radius 1 is 1.35 bits per heavy atom. The number of carboxylic acids is 1. The molecule has 0 saturated heterocycles. The van der Waals surface area contributed by atoms with Gasteiger partial charge in [0.05, 0.1) is 6.54 Å². The summed E-state index contributed by atoms with van der Waals surface area (Å²) in [5.74, 6) is -0.774. The van der Waals surface area contributed by atoms with Crippen LogP contribution in [-0.4, -0.2) is 17.6 Å². The van der Waals surface area contributed by atoms with Crippen LogP contribution >= 0.6 is 0 Å². The zero-order valence-electron chi connectivity index (χ0n) is 11.1. The number of carboxylic acid groups (broad SMARTS) is 1. The van der Waals surface area contributed by atoms with Gasteiger partial charge in [-0.05, 0) is 55.3 Å². The van der Waals surface area contributed by atoms with E-state index in [-0.39, 0.29) is 11.6 Å². The van der Waals surface area contributed by atoms with Gasteiger partial charge in [0.1, 0.15) is 11.6 Å². The van der Waals surface area contributed by atoms with Crippen molar-refractivity contribution < 1.29 is 18.7 Å². The van der Waals surface area contributed by atoms with Gasteiger partial charge < -0.3 is 14.8 Å². The van der Waals surface area contributed by atoms with Crippen molar-refractivity contribution in [3.63, 3.8) is 0 Å². The maximum atomic E-state index is 12.9. The summed E-state index contributed by atoms with van der Waals surface area (Å²) in [6.45, 7) is 3.05. The number of furan rings is 1. The second-order valence-electron chi connectivity index (χ2n) is 4.57. The Kier molecular flexibility index (Phi) is 4.53. The average Bonchev–Trinajstić information content (AvgIpc) is 2.85. The average molecular weight is 277 g/mol. The molecule has 0 spiro atoms. The highest BCUT2D eigenvalue weighted by Crippen LogP contribution is 2.11. The van der Waals surface area contributed by atoms with E-state index in [2.05, 4.69) is 5.32 Å². The molecule has 106 valence electrons. The van der Waals surface area contributed by atoms with Gasteiger partial charge in [0.15, 0.2) is 0 Å². The van der Waals surface area contributed by atoms with Crippen LogP contribution in [0.3, 0.4) is 0 Å². The van der Waals surface area contributed by atoms with Crippen LogP contribution in [0, 0.1) is 12.7 Å². The summed E-state index contributed by atoms with van der Waals surface area (Å²) >= 11 is 0. The Morgan fingerprint density at radius 2 is 2.15 bits per heavy atom. The van der Waals surface area contributed by atoms with Crippen LogP contribution in [0.2, 0.25) is 0 Å². The van der Waals surface area contributed by atoms with Crippen molar-refractivity contribution in [2.24, 2.45) is 0 Å². The van der Waals surface area contributed by atoms with Crippen LogP contribution in [0.4, 0.5) is 4.39 Å². The Balaban J connectivity index is 1.79. The van der Waals surface area contributed by atoms with E-state index in [4.69, 9.17) is 9.52 Å². The summed E-state index contributed by atoms with van der Waals surface area (Å²) in [6, 6.07) is 7.82. The van der Waals surface area contributed by atoms with Crippen LogP contribution in [-0.2, 0) is 13.0 Å². The van der Waals surface area contributed by atoms with E-state index >= 15 is 0 Å². The third-order valence-electron chi connectivity index (χ3n) is 3.05. The highest BCUT2D eigenvalue weighted by molar-refractivity contribution is 5.84. The molecule has 5 heteroatoms. The summed E-state index contributed by atoms with van der Waals surface area (Å²) in [7, 11) is 0. The van der Waals surface area contributed by atoms with E-state index < -0.39 is 5.97 Å². The van der Waals surface area contributed by atoms with Crippen LogP contribution in [0.15, 0.2) is 34.7 Å². The largest absolute Gasteiger partial charge is 0.475 e. The van der Waals surface area contributed by atoms with Crippen LogP contribution < -0.4 is 5.32 Å². The van der Waals surface area contributed by atoms with Crippen LogP contribution in [0.1, 0.15) is 27.4 Å². The number of nitrogens with one attached hydrogen (secondary N) is 1. The standard InChI is InChI=1S/C15H16FNO3/c1-10-8-12(16)3-2-11(10)6-7-17-9-13-4-5-14(20-13)15(18)19/h2-5,8,17H,6-7,9H2,1H3,(H,18,19). The minimum absolute atomic E-state index is 0.0591. The minimum Gasteiger partial charge on any atom is -0.475 e. The molecule has 0 aliphatic carbocycles. The van der Waals surface area contributed by atoms with Gasteiger partial charge in [-0.1, -0.05) is 6.07 Å². The van der Waals surface area contributed by atoms with E-state index in [1.54, 1.807) is 12.1 Å². The van der Waals surface area contributed by atoms with Gasteiger partial charge in [0.25, 0.3) is 0 Å². The smallest absolute Gasteiger partial charge is 0.371 e. The number of halogens is 1. The number of hydrogen-bond donors (Lipinski definition) is 2. The van der Waals surface area contributed by atoms with Crippen molar-refractivity contribution in [1.29, 1.82) is 0 Å². The molecule has 1 aromatic heterocycles. The number of hydrogen-bond acceptors (Lipinski definition) is 3. The molecule has 2 N–H and O–H groups in total. The van der Waals surface area contributed by atoms with Gasteiger partial charge in [-0.25, -0.2) is 9.18 Å². The fraction of sp³-hybridized carbons (Fsp3) is 0.267. The van der Waals surface area contributed by atoms with Gasteiger partial charge in [-0.3, -0.25) is 0 Å². The molecule has 2 rings (SSSR count). The number of benzene rings is 1. The highest BCUT2D eigenvalue weighted by Gasteiger charge is 2.08. The fourth-order valence-electron chi connectivity index (χ4n) is 1.96. The second-order valence-corrected chi connectivity index (χ2v) is 4.57. The lowest BCUT2D eigenvalue weighted by Crippen LogP contribution is -2.16. The molecule has 1 aromatic carbocycles. The van der Waals surface area contributed by atoms with Crippen molar-refractivity contribution in [2.45, 2.75) is 19.9 Å². The second kappa shape index (κ2) is 6.34. The first kappa shape index (κ1) is 14.3. The van der Waals surface area contributed by atoms with E-state index in [0.29, 0.717) is 18.8 Å². The van der Waals surface area contributed by atoms with Crippen molar-refractivity contribution in [3.05, 3.63) is 58.8 Å². The van der Waals surface area contributed by atoms with Crippen molar-refractivity contribution in [2.75, 3.05) is 6.54 Å². The van der Waals surface area contributed by atoms with E-state index in [9.17, 15) is 9.18 Å². The Bertz CT molecular complexity index is 607. The summed E-state index contributed by atoms with van der Waals surface area (Å²) in [4.78, 5) is 10.6. The molecule has 0 radical (unpaired) electrons. The van der Waals surface area contributed by atoms with Gasteiger partial charge in [-0.2, -0.15) is 0 Å². The summed E-state index contributed by atoms with van der Waals surface area (Å²) in [5.41, 5.74) is 2.02. The van der Waals surface area contributed by atoms with Gasteiger partial charge in [0.2, 0.25) is 5.76 Å². The molecule has 0 aliphatic heterocycles. The molecule has 0 fully saturated rings. The Hall–Kier alpha value is -2.14. The lowest BCUT2D eigenvalue weighted by molar-refractivity contribution is 0.0660. The maximum absolute atomic E-state index is 12.9. The number of aryl methyl sites for hydroxylation is 1. The number of carbonyl (C=O) groups is 1. The number of aromatic carboxylic acids is 1. The van der Waals surface area contributed by atoms with Crippen LogP contribution in [0.5, 0.6) is 0 Å². The first-order chi connectivity index (χ1) is 9.56. The zero-order chi connectivity index (χ0) is 14.5. The maximum Gasteiger partial charge on any atom is 0.371 e. The van der Waals surface area contributed by atoms with E-state index in [1.807, 2.05) is 6.92 Å². The lowest BCUT2D eigenvalue weighted by Gasteiger charge is -2.06. The third-order valence-corrected chi connectivity index (χ3v) is 3.05. The lowest BCUT2D eigenvalue weighted by atomic mass is 10.1. The highest BCUT2D eigenvalue weighted by atomic mass is 19.1. The SMILES string of the molecule is Cc1cc(F)ccc1CCNCc1ccc(C(=O)O)o1. The van der Waals surface area contributed by atoms with E-state index in [0.717, 1.165) is 17.5 Å². The number of rotatable bonds is 6. The first-order valence-electron chi connectivity index (χ1n) is 6.34. The predicted molar refractivity (Wildman–Crippen MR) is 72.2 cm³/mol. The van der Waals surface area contributed by atoms with Gasteiger partial charge in [0, 0.05) is 0 Å². The molecule has 0 aliphatic rings. The van der Waals surface area contributed by atoms with Crippen molar-refractivity contribution in [1.82, 2.24) is 5.32 Å². The molecule has 20 heavy (non-hydrogen) atoms. The first-order valence-corrected chi connectivity index (χ1v) is 6.34. The molecular weight excluding hydrogens is 261 g/mol. The van der Waals surface area contributed by atoms with Crippen LogP contribution in [0.25, 0.3) is 0 Å². The summed E-state index contributed by atoms with van der Waals surface area (Å²) < 4.78 is 18.1. The van der Waals surface area contributed by atoms with Gasteiger partial charge >= 0.3 is 5.97 Å². The fourth-order valence-corrected chi connectivity index (χ4v) is 1.96. The minimum atomic E-state index is -1.07. The molecule has 0 saturated carbocycles. The molecule has 2 aromatic rings. The topological polar surface area (TPSA) is 62.5 Å². The Labute approximate surface area is 116 Å². The normalized spacial score (nSPS) is 10.7. The van der Waals surface area contributed by atoms with E-state index in [1.165, 1.54) is 18.2 Å². The molecule has 0 atom stereocenters. The monoisotopic (exact) mass is 277 g/mol. The van der Waals surface area contributed by atoms with Crippen molar-refractivity contribution in [3.8, 4) is 0 Å². The quantitative estimate of drug-likeness (QED) is 0.797. The molecule has 0 unspecified atom stereocenters. The third kappa shape index (κ3) is 3.68. The molecule has 0 bridgehead atoms. The van der Waals surface area contributed by atoms with Gasteiger partial charge in [-0.15, -0.1) is 0 Å². The summed E-state index contributed by atoms with van der Waals surface area (Å²) in [6.07, 6.45) is 0.776. The Morgan fingerprint density at radius 3 is 2.80 bits per heavy atom. The molecular formula is C15H16FNO3.